The molecule has 0 aliphatic carbocycles. The molecule has 0 spiro atoms. The molecular formula is C16H15BrFNO2. The van der Waals surface area contributed by atoms with Crippen LogP contribution in [-0.2, 0) is 4.79 Å². The number of benzene rings is 2. The Bertz CT molecular complexity index is 599. The zero-order valence-electron chi connectivity index (χ0n) is 11.5. The molecule has 0 bridgehead atoms. The lowest BCUT2D eigenvalue weighted by atomic mass is 10.2. The Morgan fingerprint density at radius 1 is 1.19 bits per heavy atom. The average Bonchev–Trinajstić information content (AvgIpc) is 2.49. The zero-order valence-corrected chi connectivity index (χ0v) is 13.1. The molecule has 0 fully saturated rings. The Labute approximate surface area is 131 Å². The van der Waals surface area contributed by atoms with Crippen LogP contribution >= 0.6 is 15.9 Å². The third-order valence-electron chi connectivity index (χ3n) is 2.87. The van der Waals surface area contributed by atoms with Crippen molar-refractivity contribution in [3.8, 4) is 5.75 Å². The highest BCUT2D eigenvalue weighted by molar-refractivity contribution is 9.10. The maximum Gasteiger partial charge on any atom is 0.265 e. The third-order valence-corrected chi connectivity index (χ3v) is 3.40. The van der Waals surface area contributed by atoms with E-state index in [1.165, 1.54) is 24.3 Å². The van der Waals surface area contributed by atoms with Crippen LogP contribution in [0, 0.1) is 5.82 Å². The molecule has 5 heteroatoms. The van der Waals surface area contributed by atoms with Crippen LogP contribution in [0.25, 0.3) is 0 Å². The molecule has 1 N–H and O–H groups in total. The van der Waals surface area contributed by atoms with Gasteiger partial charge in [-0.1, -0.05) is 22.9 Å². The largest absolute Gasteiger partial charge is 0.481 e. The van der Waals surface area contributed by atoms with Gasteiger partial charge in [-0.05, 0) is 55.0 Å². The predicted octanol–water partition coefficient (Wildman–Crippen LogP) is 4.38. The average molecular weight is 352 g/mol. The smallest absolute Gasteiger partial charge is 0.265 e. The molecule has 110 valence electrons. The van der Waals surface area contributed by atoms with Gasteiger partial charge in [0.15, 0.2) is 6.10 Å². The van der Waals surface area contributed by atoms with E-state index in [1.54, 1.807) is 12.1 Å². The summed E-state index contributed by atoms with van der Waals surface area (Å²) < 4.78 is 19.4. The number of halogens is 2. The van der Waals surface area contributed by atoms with Gasteiger partial charge in [0, 0.05) is 10.2 Å². The van der Waals surface area contributed by atoms with E-state index in [-0.39, 0.29) is 11.7 Å². The van der Waals surface area contributed by atoms with Crippen molar-refractivity contribution in [2.75, 3.05) is 5.32 Å². The molecule has 0 saturated heterocycles. The van der Waals surface area contributed by atoms with Gasteiger partial charge in [-0.2, -0.15) is 0 Å². The molecule has 1 amide bonds. The summed E-state index contributed by atoms with van der Waals surface area (Å²) in [5.74, 6) is -0.104. The third kappa shape index (κ3) is 4.56. The van der Waals surface area contributed by atoms with Gasteiger partial charge in [-0.3, -0.25) is 4.79 Å². The Morgan fingerprint density at radius 3 is 2.38 bits per heavy atom. The first-order chi connectivity index (χ1) is 10.1. The van der Waals surface area contributed by atoms with Gasteiger partial charge in [-0.25, -0.2) is 4.39 Å². The second-order valence-electron chi connectivity index (χ2n) is 4.46. The van der Waals surface area contributed by atoms with Crippen molar-refractivity contribution in [3.05, 3.63) is 58.8 Å². The van der Waals surface area contributed by atoms with Gasteiger partial charge in [-0.15, -0.1) is 0 Å². The SMILES string of the molecule is CC[C@@H](Oc1ccc(F)cc1)C(=O)Nc1ccc(Br)cc1. The van der Waals surface area contributed by atoms with Crippen molar-refractivity contribution >= 4 is 27.5 Å². The normalized spacial score (nSPS) is 11.8. The van der Waals surface area contributed by atoms with Crippen LogP contribution in [0.3, 0.4) is 0 Å². The topological polar surface area (TPSA) is 38.3 Å². The van der Waals surface area contributed by atoms with Gasteiger partial charge < -0.3 is 10.1 Å². The lowest BCUT2D eigenvalue weighted by Gasteiger charge is -2.17. The predicted molar refractivity (Wildman–Crippen MR) is 83.9 cm³/mol. The van der Waals surface area contributed by atoms with E-state index in [2.05, 4.69) is 21.2 Å². The lowest BCUT2D eigenvalue weighted by molar-refractivity contribution is -0.122. The number of anilines is 1. The van der Waals surface area contributed by atoms with Crippen LogP contribution < -0.4 is 10.1 Å². The van der Waals surface area contributed by atoms with E-state index in [0.29, 0.717) is 17.9 Å². The highest BCUT2D eigenvalue weighted by Crippen LogP contribution is 2.17. The first kappa shape index (κ1) is 15.5. The Balaban J connectivity index is 2.01. The van der Waals surface area contributed by atoms with Gasteiger partial charge in [0.2, 0.25) is 0 Å². The number of ether oxygens (including phenoxy) is 1. The summed E-state index contributed by atoms with van der Waals surface area (Å²) in [4.78, 5) is 12.2. The summed E-state index contributed by atoms with van der Waals surface area (Å²) in [5, 5.41) is 2.79. The van der Waals surface area contributed by atoms with E-state index < -0.39 is 6.10 Å². The van der Waals surface area contributed by atoms with Crippen molar-refractivity contribution < 1.29 is 13.9 Å². The van der Waals surface area contributed by atoms with E-state index in [1.807, 2.05) is 19.1 Å². The maximum absolute atomic E-state index is 12.8. The minimum atomic E-state index is -0.626. The number of rotatable bonds is 5. The van der Waals surface area contributed by atoms with Gasteiger partial charge >= 0.3 is 0 Å². The minimum Gasteiger partial charge on any atom is -0.481 e. The van der Waals surface area contributed by atoms with Crippen LogP contribution in [0.2, 0.25) is 0 Å². The number of hydrogen-bond acceptors (Lipinski definition) is 2. The molecule has 0 aromatic heterocycles. The lowest BCUT2D eigenvalue weighted by Crippen LogP contribution is -2.32. The fourth-order valence-electron chi connectivity index (χ4n) is 1.76. The van der Waals surface area contributed by atoms with E-state index in [4.69, 9.17) is 4.74 Å². The monoisotopic (exact) mass is 351 g/mol. The molecular weight excluding hydrogens is 337 g/mol. The summed E-state index contributed by atoms with van der Waals surface area (Å²) in [5.41, 5.74) is 0.698. The molecule has 0 unspecified atom stereocenters. The van der Waals surface area contributed by atoms with Gasteiger partial charge in [0.05, 0.1) is 0 Å². The first-order valence-corrected chi connectivity index (χ1v) is 7.36. The quantitative estimate of drug-likeness (QED) is 0.867. The van der Waals surface area contributed by atoms with Crippen molar-refractivity contribution in [1.29, 1.82) is 0 Å². The highest BCUT2D eigenvalue weighted by Gasteiger charge is 2.18. The van der Waals surface area contributed by atoms with Gasteiger partial charge in [0.25, 0.3) is 5.91 Å². The van der Waals surface area contributed by atoms with Crippen LogP contribution in [-0.4, -0.2) is 12.0 Å². The molecule has 1 atom stereocenters. The van der Waals surface area contributed by atoms with Crippen LogP contribution in [0.15, 0.2) is 53.0 Å². The van der Waals surface area contributed by atoms with Crippen LogP contribution in [0.5, 0.6) is 5.75 Å². The summed E-state index contributed by atoms with van der Waals surface area (Å²) in [6, 6.07) is 12.9. The fourth-order valence-corrected chi connectivity index (χ4v) is 2.02. The summed E-state index contributed by atoms with van der Waals surface area (Å²) in [7, 11) is 0. The number of carbonyl (C=O) groups is 1. The number of hydrogen-bond donors (Lipinski definition) is 1. The molecule has 2 aromatic rings. The summed E-state index contributed by atoms with van der Waals surface area (Å²) >= 11 is 3.34. The van der Waals surface area contributed by atoms with Crippen LogP contribution in [0.1, 0.15) is 13.3 Å². The molecule has 0 heterocycles. The number of nitrogens with one attached hydrogen (secondary N) is 1. The molecule has 2 aromatic carbocycles. The molecule has 3 nitrogen and oxygen atoms in total. The van der Waals surface area contributed by atoms with E-state index in [0.717, 1.165) is 4.47 Å². The highest BCUT2D eigenvalue weighted by atomic mass is 79.9. The van der Waals surface area contributed by atoms with Gasteiger partial charge in [0.1, 0.15) is 11.6 Å². The molecule has 0 radical (unpaired) electrons. The standard InChI is InChI=1S/C16H15BrFNO2/c1-2-15(21-14-9-5-12(18)6-10-14)16(20)19-13-7-3-11(17)4-8-13/h3-10,15H,2H2,1H3,(H,19,20)/t15-/m1/s1. The maximum atomic E-state index is 12.8. The Hall–Kier alpha value is -1.88. The number of amides is 1. The number of carbonyl (C=O) groups excluding carboxylic acids is 1. The summed E-state index contributed by atoms with van der Waals surface area (Å²) in [6.45, 7) is 1.86. The molecule has 2 rings (SSSR count). The van der Waals surface area contributed by atoms with Crippen molar-refractivity contribution in [2.45, 2.75) is 19.4 Å². The van der Waals surface area contributed by atoms with E-state index in [9.17, 15) is 9.18 Å². The van der Waals surface area contributed by atoms with Crippen molar-refractivity contribution in [2.24, 2.45) is 0 Å². The van der Waals surface area contributed by atoms with Crippen molar-refractivity contribution in [1.82, 2.24) is 0 Å². The summed E-state index contributed by atoms with van der Waals surface area (Å²) in [6.07, 6.45) is -0.112. The second kappa shape index (κ2) is 7.22. The first-order valence-electron chi connectivity index (χ1n) is 6.57. The molecule has 21 heavy (non-hydrogen) atoms. The second-order valence-corrected chi connectivity index (χ2v) is 5.38. The molecule has 0 aliphatic heterocycles. The Morgan fingerprint density at radius 2 is 1.81 bits per heavy atom. The Kier molecular flexibility index (Phi) is 5.33. The van der Waals surface area contributed by atoms with E-state index >= 15 is 0 Å². The minimum absolute atomic E-state index is 0.232. The van der Waals surface area contributed by atoms with Crippen molar-refractivity contribution in [3.63, 3.8) is 0 Å². The fraction of sp³-hybridized carbons (Fsp3) is 0.188. The van der Waals surface area contributed by atoms with Crippen LogP contribution in [0.4, 0.5) is 10.1 Å². The molecule has 0 aliphatic rings. The molecule has 0 saturated carbocycles. The zero-order chi connectivity index (χ0) is 15.2.